The molecule has 2 amide bonds. The Morgan fingerprint density at radius 1 is 1.20 bits per heavy atom. The SMILES string of the molecule is Cc1cc(NC(=O)c2c(C)c(C(=O)C(=O)NOC(C)(C)CO)n(C)c2C)ccc1F. The first kappa shape index (κ1) is 23.2. The minimum Gasteiger partial charge on any atom is -0.393 e. The summed E-state index contributed by atoms with van der Waals surface area (Å²) in [6.45, 7) is 7.51. The van der Waals surface area contributed by atoms with Crippen LogP contribution in [0.25, 0.3) is 0 Å². The largest absolute Gasteiger partial charge is 0.393 e. The van der Waals surface area contributed by atoms with Crippen LogP contribution < -0.4 is 10.8 Å². The van der Waals surface area contributed by atoms with Gasteiger partial charge in [0.05, 0.1) is 17.9 Å². The molecule has 0 bridgehead atoms. The summed E-state index contributed by atoms with van der Waals surface area (Å²) in [4.78, 5) is 42.8. The fourth-order valence-corrected chi connectivity index (χ4v) is 2.92. The smallest absolute Gasteiger partial charge is 0.317 e. The molecule has 0 atom stereocenters. The van der Waals surface area contributed by atoms with Crippen molar-refractivity contribution >= 4 is 23.3 Å². The molecule has 9 heteroatoms. The van der Waals surface area contributed by atoms with Gasteiger partial charge in [-0.1, -0.05) is 0 Å². The number of hydroxylamine groups is 1. The summed E-state index contributed by atoms with van der Waals surface area (Å²) in [5.41, 5.74) is 2.86. The number of Topliss-reactive ketones (excluding diaryl/α,β-unsaturated/α-hetero) is 1. The number of aliphatic hydroxyl groups excluding tert-OH is 1. The predicted octanol–water partition coefficient (Wildman–Crippen LogP) is 2.34. The van der Waals surface area contributed by atoms with E-state index in [4.69, 9.17) is 4.84 Å². The Kier molecular flexibility index (Phi) is 6.79. The quantitative estimate of drug-likeness (QED) is 0.363. The standard InChI is InChI=1S/C21H26FN3O5/c1-11-9-14(7-8-15(11)22)23-19(28)16-12(2)17(25(6)13(16)3)18(27)20(29)24-30-21(4,5)10-26/h7-9,26H,10H2,1-6H3,(H,23,28)(H,24,29). The number of aliphatic hydroxyl groups is 1. The number of aryl methyl sites for hydroxylation is 1. The van der Waals surface area contributed by atoms with Crippen molar-refractivity contribution in [1.29, 1.82) is 0 Å². The average molecular weight is 419 g/mol. The first-order chi connectivity index (χ1) is 13.9. The molecule has 2 aromatic rings. The molecule has 162 valence electrons. The van der Waals surface area contributed by atoms with Gasteiger partial charge in [0.2, 0.25) is 0 Å². The van der Waals surface area contributed by atoms with Gasteiger partial charge in [-0.15, -0.1) is 0 Å². The van der Waals surface area contributed by atoms with Crippen LogP contribution >= 0.6 is 0 Å². The zero-order valence-electron chi connectivity index (χ0n) is 17.8. The Morgan fingerprint density at radius 2 is 1.83 bits per heavy atom. The molecule has 0 spiro atoms. The number of benzene rings is 1. The van der Waals surface area contributed by atoms with E-state index in [9.17, 15) is 23.9 Å². The maximum Gasteiger partial charge on any atom is 0.317 e. The molecule has 0 aliphatic carbocycles. The Balaban J connectivity index is 2.29. The summed E-state index contributed by atoms with van der Waals surface area (Å²) in [6.07, 6.45) is 0. The van der Waals surface area contributed by atoms with Crippen molar-refractivity contribution in [2.24, 2.45) is 7.05 Å². The maximum atomic E-state index is 13.5. The monoisotopic (exact) mass is 419 g/mol. The molecule has 3 N–H and O–H groups in total. The number of carbonyl (C=O) groups is 3. The number of amides is 2. The minimum atomic E-state index is -1.06. The summed E-state index contributed by atoms with van der Waals surface area (Å²) in [6, 6.07) is 4.19. The number of ketones is 1. The molecule has 0 aliphatic rings. The van der Waals surface area contributed by atoms with Crippen LogP contribution in [-0.4, -0.2) is 39.5 Å². The van der Waals surface area contributed by atoms with Gasteiger partial charge in [-0.05, 0) is 63.9 Å². The summed E-state index contributed by atoms with van der Waals surface area (Å²) in [5, 5.41) is 11.9. The lowest BCUT2D eigenvalue weighted by molar-refractivity contribution is -0.148. The Hall–Kier alpha value is -3.04. The molecule has 1 heterocycles. The molecular weight excluding hydrogens is 393 g/mol. The number of anilines is 1. The van der Waals surface area contributed by atoms with Gasteiger partial charge in [0.1, 0.15) is 11.4 Å². The van der Waals surface area contributed by atoms with Gasteiger partial charge in [-0.25, -0.2) is 9.87 Å². The maximum absolute atomic E-state index is 13.5. The molecule has 0 saturated carbocycles. The van der Waals surface area contributed by atoms with Gasteiger partial charge >= 0.3 is 5.91 Å². The third kappa shape index (κ3) is 4.74. The number of rotatable bonds is 7. The molecule has 0 saturated heterocycles. The second-order valence-electron chi connectivity index (χ2n) is 7.69. The molecule has 0 radical (unpaired) electrons. The molecule has 1 aromatic carbocycles. The van der Waals surface area contributed by atoms with Crippen molar-refractivity contribution < 1.29 is 28.7 Å². The van der Waals surface area contributed by atoms with Crippen LogP contribution in [0.4, 0.5) is 10.1 Å². The molecule has 2 rings (SSSR count). The number of halogens is 1. The highest BCUT2D eigenvalue weighted by molar-refractivity contribution is 6.42. The number of hydrogen-bond acceptors (Lipinski definition) is 5. The molecule has 0 unspecified atom stereocenters. The lowest BCUT2D eigenvalue weighted by atomic mass is 10.1. The van der Waals surface area contributed by atoms with Crippen molar-refractivity contribution in [3.63, 3.8) is 0 Å². The van der Waals surface area contributed by atoms with Gasteiger partial charge < -0.3 is 15.0 Å². The first-order valence-corrected chi connectivity index (χ1v) is 9.26. The molecule has 8 nitrogen and oxygen atoms in total. The normalized spacial score (nSPS) is 11.3. The van der Waals surface area contributed by atoms with Crippen LogP contribution in [0.15, 0.2) is 18.2 Å². The fourth-order valence-electron chi connectivity index (χ4n) is 2.92. The third-order valence-corrected chi connectivity index (χ3v) is 4.80. The number of nitrogens with zero attached hydrogens (tertiary/aromatic N) is 1. The third-order valence-electron chi connectivity index (χ3n) is 4.80. The van der Waals surface area contributed by atoms with E-state index in [1.807, 2.05) is 5.48 Å². The van der Waals surface area contributed by atoms with E-state index >= 15 is 0 Å². The van der Waals surface area contributed by atoms with Crippen LogP contribution in [0.2, 0.25) is 0 Å². The van der Waals surface area contributed by atoms with E-state index < -0.39 is 23.2 Å². The van der Waals surface area contributed by atoms with Crippen molar-refractivity contribution in [3.8, 4) is 0 Å². The second kappa shape index (κ2) is 8.76. The fraction of sp³-hybridized carbons (Fsp3) is 0.381. The minimum absolute atomic E-state index is 0.0378. The van der Waals surface area contributed by atoms with Crippen LogP contribution in [-0.2, 0) is 16.7 Å². The zero-order chi connectivity index (χ0) is 22.8. The molecule has 0 aliphatic heterocycles. The summed E-state index contributed by atoms with van der Waals surface area (Å²) < 4.78 is 14.9. The number of carbonyl (C=O) groups excluding carboxylic acids is 3. The van der Waals surface area contributed by atoms with Crippen molar-refractivity contribution in [3.05, 3.63) is 52.1 Å². The summed E-state index contributed by atoms with van der Waals surface area (Å²) >= 11 is 0. The van der Waals surface area contributed by atoms with Crippen molar-refractivity contribution in [1.82, 2.24) is 10.0 Å². The van der Waals surface area contributed by atoms with Crippen LogP contribution in [0.3, 0.4) is 0 Å². The van der Waals surface area contributed by atoms with Crippen LogP contribution in [0.1, 0.15) is 51.5 Å². The lowest BCUT2D eigenvalue weighted by Crippen LogP contribution is -2.41. The van der Waals surface area contributed by atoms with Gasteiger partial charge in [0.25, 0.3) is 11.7 Å². The van der Waals surface area contributed by atoms with Crippen LogP contribution in [0.5, 0.6) is 0 Å². The number of aromatic nitrogens is 1. The lowest BCUT2D eigenvalue weighted by Gasteiger charge is -2.21. The van der Waals surface area contributed by atoms with E-state index in [1.54, 1.807) is 27.8 Å². The summed E-state index contributed by atoms with van der Waals surface area (Å²) in [5.74, 6) is -2.78. The second-order valence-corrected chi connectivity index (χ2v) is 7.69. The van der Waals surface area contributed by atoms with E-state index in [2.05, 4.69) is 5.32 Å². The molecule has 30 heavy (non-hydrogen) atoms. The number of nitrogens with one attached hydrogen (secondary N) is 2. The zero-order valence-corrected chi connectivity index (χ0v) is 17.8. The average Bonchev–Trinajstić information content (AvgIpc) is 2.91. The molecular formula is C21H26FN3O5. The van der Waals surface area contributed by atoms with Crippen molar-refractivity contribution in [2.45, 2.75) is 40.2 Å². The van der Waals surface area contributed by atoms with Crippen molar-refractivity contribution in [2.75, 3.05) is 11.9 Å². The van der Waals surface area contributed by atoms with Crippen LogP contribution in [0, 0.1) is 26.6 Å². The van der Waals surface area contributed by atoms with Gasteiger partial charge in [-0.2, -0.15) is 0 Å². The summed E-state index contributed by atoms with van der Waals surface area (Å²) in [7, 11) is 1.57. The van der Waals surface area contributed by atoms with E-state index in [0.717, 1.165) is 0 Å². The predicted molar refractivity (Wildman–Crippen MR) is 109 cm³/mol. The highest BCUT2D eigenvalue weighted by atomic mass is 19.1. The van der Waals surface area contributed by atoms with E-state index in [1.165, 1.54) is 36.6 Å². The topological polar surface area (TPSA) is 110 Å². The van der Waals surface area contributed by atoms with E-state index in [-0.39, 0.29) is 23.7 Å². The Labute approximate surface area is 174 Å². The number of hydrogen-bond donors (Lipinski definition) is 3. The first-order valence-electron chi connectivity index (χ1n) is 9.26. The van der Waals surface area contributed by atoms with E-state index in [0.29, 0.717) is 22.5 Å². The Morgan fingerprint density at radius 3 is 2.40 bits per heavy atom. The van der Waals surface area contributed by atoms with Gasteiger partial charge in [0, 0.05) is 18.4 Å². The molecule has 0 fully saturated rings. The highest BCUT2D eigenvalue weighted by Crippen LogP contribution is 2.24. The van der Waals surface area contributed by atoms with Gasteiger partial charge in [0.15, 0.2) is 0 Å². The Bertz CT molecular complexity index is 1010. The van der Waals surface area contributed by atoms with Gasteiger partial charge in [-0.3, -0.25) is 19.2 Å². The highest BCUT2D eigenvalue weighted by Gasteiger charge is 2.30. The molecule has 1 aromatic heterocycles.